The molecule has 0 aromatic carbocycles. The Morgan fingerprint density at radius 1 is 1.64 bits per heavy atom. The van der Waals surface area contributed by atoms with Crippen molar-refractivity contribution >= 4 is 0 Å². The highest BCUT2D eigenvalue weighted by molar-refractivity contribution is 5.20. The van der Waals surface area contributed by atoms with Gasteiger partial charge >= 0.3 is 0 Å². The van der Waals surface area contributed by atoms with Gasteiger partial charge in [0.2, 0.25) is 0 Å². The van der Waals surface area contributed by atoms with Crippen LogP contribution in [0.4, 0.5) is 0 Å². The average molecular weight is 194 g/mol. The molecule has 1 aliphatic carbocycles. The van der Waals surface area contributed by atoms with Crippen molar-refractivity contribution in [1.29, 1.82) is 0 Å². The molecular weight excluding hydrogens is 172 g/mol. The Labute approximate surface area is 87.5 Å². The Hall–Kier alpha value is -0.560. The van der Waals surface area contributed by atoms with Gasteiger partial charge in [-0.15, -0.1) is 0 Å². The summed E-state index contributed by atoms with van der Waals surface area (Å²) in [5.74, 6) is 1.23. The summed E-state index contributed by atoms with van der Waals surface area (Å²) in [6, 6.07) is 0. The first kappa shape index (κ1) is 11.5. The van der Waals surface area contributed by atoms with E-state index in [-0.39, 0.29) is 6.61 Å². The van der Waals surface area contributed by atoms with Crippen LogP contribution in [0.5, 0.6) is 0 Å². The molecule has 14 heavy (non-hydrogen) atoms. The van der Waals surface area contributed by atoms with Gasteiger partial charge in [0, 0.05) is 0 Å². The van der Waals surface area contributed by atoms with Crippen LogP contribution in [0.2, 0.25) is 0 Å². The summed E-state index contributed by atoms with van der Waals surface area (Å²) in [6.45, 7) is 9.26. The second-order valence-corrected chi connectivity index (χ2v) is 4.92. The van der Waals surface area contributed by atoms with Crippen molar-refractivity contribution in [3.8, 4) is 0 Å². The van der Waals surface area contributed by atoms with E-state index >= 15 is 0 Å². The van der Waals surface area contributed by atoms with Gasteiger partial charge < -0.3 is 5.11 Å². The number of allylic oxidation sites excluding steroid dienone is 3. The van der Waals surface area contributed by atoms with E-state index in [1.165, 1.54) is 12.0 Å². The zero-order valence-electron chi connectivity index (χ0n) is 9.75. The van der Waals surface area contributed by atoms with Crippen LogP contribution in [0.25, 0.3) is 0 Å². The maximum atomic E-state index is 8.74. The van der Waals surface area contributed by atoms with E-state index in [4.69, 9.17) is 5.11 Å². The molecule has 1 aliphatic rings. The van der Waals surface area contributed by atoms with Crippen LogP contribution in [-0.4, -0.2) is 11.7 Å². The molecular formula is C13H22O. The fraction of sp³-hybridized carbons (Fsp3) is 0.692. The van der Waals surface area contributed by atoms with Gasteiger partial charge in [0.05, 0.1) is 6.61 Å². The summed E-state index contributed by atoms with van der Waals surface area (Å²) < 4.78 is 0. The summed E-state index contributed by atoms with van der Waals surface area (Å²) >= 11 is 0. The molecule has 1 rings (SSSR count). The first-order valence-electron chi connectivity index (χ1n) is 5.45. The van der Waals surface area contributed by atoms with Gasteiger partial charge in [-0.25, -0.2) is 0 Å². The van der Waals surface area contributed by atoms with Crippen LogP contribution in [0.15, 0.2) is 23.8 Å². The Morgan fingerprint density at radius 2 is 2.29 bits per heavy atom. The van der Waals surface area contributed by atoms with E-state index in [0.29, 0.717) is 17.3 Å². The molecule has 0 saturated heterocycles. The topological polar surface area (TPSA) is 20.2 Å². The lowest BCUT2D eigenvalue weighted by atomic mass is 9.72. The highest BCUT2D eigenvalue weighted by Gasteiger charge is 2.36. The third-order valence-corrected chi connectivity index (χ3v) is 3.80. The van der Waals surface area contributed by atoms with Gasteiger partial charge in [0.15, 0.2) is 0 Å². The summed E-state index contributed by atoms with van der Waals surface area (Å²) in [6.07, 6.45) is 7.52. The molecule has 0 heterocycles. The standard InChI is InChI=1S/C13H22O/c1-10(6-5-9-14)12-8-7-11(2)13(12,3)4/h5-7,10,12,14H,8-9H2,1-4H3/b6-5+. The molecule has 0 amide bonds. The zero-order valence-corrected chi connectivity index (χ0v) is 9.75. The summed E-state index contributed by atoms with van der Waals surface area (Å²) in [7, 11) is 0. The maximum Gasteiger partial charge on any atom is 0.0612 e. The van der Waals surface area contributed by atoms with Crippen molar-refractivity contribution in [2.45, 2.75) is 34.1 Å². The molecule has 80 valence electrons. The Balaban J connectivity index is 2.68. The van der Waals surface area contributed by atoms with Crippen molar-refractivity contribution < 1.29 is 5.11 Å². The molecule has 0 saturated carbocycles. The van der Waals surface area contributed by atoms with Crippen LogP contribution < -0.4 is 0 Å². The zero-order chi connectivity index (χ0) is 10.8. The van der Waals surface area contributed by atoms with Gasteiger partial charge in [0.1, 0.15) is 0 Å². The minimum Gasteiger partial charge on any atom is -0.392 e. The number of aliphatic hydroxyl groups excluding tert-OH is 1. The monoisotopic (exact) mass is 194 g/mol. The van der Waals surface area contributed by atoms with Crippen molar-refractivity contribution in [2.24, 2.45) is 17.3 Å². The Morgan fingerprint density at radius 3 is 2.71 bits per heavy atom. The molecule has 2 atom stereocenters. The van der Waals surface area contributed by atoms with Crippen LogP contribution in [0.3, 0.4) is 0 Å². The number of aliphatic hydroxyl groups is 1. The van der Waals surface area contributed by atoms with Gasteiger partial charge in [0.25, 0.3) is 0 Å². The quantitative estimate of drug-likeness (QED) is 0.684. The molecule has 0 radical (unpaired) electrons. The second-order valence-electron chi connectivity index (χ2n) is 4.92. The molecule has 1 N–H and O–H groups in total. The SMILES string of the molecule is CC1=CCC(C(C)/C=C/CO)C1(C)C. The number of hydrogen-bond donors (Lipinski definition) is 1. The average Bonchev–Trinajstić information content (AvgIpc) is 2.38. The van der Waals surface area contributed by atoms with E-state index in [1.807, 2.05) is 6.08 Å². The van der Waals surface area contributed by atoms with E-state index in [2.05, 4.69) is 39.8 Å². The van der Waals surface area contributed by atoms with Crippen LogP contribution in [0.1, 0.15) is 34.1 Å². The second kappa shape index (κ2) is 4.31. The van der Waals surface area contributed by atoms with Gasteiger partial charge in [-0.2, -0.15) is 0 Å². The maximum absolute atomic E-state index is 8.74. The van der Waals surface area contributed by atoms with E-state index in [9.17, 15) is 0 Å². The molecule has 1 nitrogen and oxygen atoms in total. The predicted octanol–water partition coefficient (Wildman–Crippen LogP) is 3.16. The summed E-state index contributed by atoms with van der Waals surface area (Å²) in [5, 5.41) is 8.74. The fourth-order valence-corrected chi connectivity index (χ4v) is 2.44. The van der Waals surface area contributed by atoms with Crippen molar-refractivity contribution in [3.63, 3.8) is 0 Å². The third kappa shape index (κ3) is 2.09. The van der Waals surface area contributed by atoms with Crippen molar-refractivity contribution in [1.82, 2.24) is 0 Å². The molecule has 0 spiro atoms. The van der Waals surface area contributed by atoms with Crippen molar-refractivity contribution in [3.05, 3.63) is 23.8 Å². The predicted molar refractivity (Wildman–Crippen MR) is 61.0 cm³/mol. The number of hydrogen-bond acceptors (Lipinski definition) is 1. The van der Waals surface area contributed by atoms with Crippen molar-refractivity contribution in [2.75, 3.05) is 6.61 Å². The third-order valence-electron chi connectivity index (χ3n) is 3.80. The highest BCUT2D eigenvalue weighted by atomic mass is 16.2. The van der Waals surface area contributed by atoms with E-state index < -0.39 is 0 Å². The number of rotatable bonds is 3. The normalized spacial score (nSPS) is 28.1. The molecule has 0 aliphatic heterocycles. The van der Waals surface area contributed by atoms with Gasteiger partial charge in [-0.05, 0) is 30.6 Å². The van der Waals surface area contributed by atoms with Crippen LogP contribution in [0, 0.1) is 17.3 Å². The molecule has 0 bridgehead atoms. The van der Waals surface area contributed by atoms with Crippen LogP contribution in [-0.2, 0) is 0 Å². The van der Waals surface area contributed by atoms with Crippen LogP contribution >= 0.6 is 0 Å². The smallest absolute Gasteiger partial charge is 0.0612 e. The van der Waals surface area contributed by atoms with Gasteiger partial charge in [-0.1, -0.05) is 44.6 Å². The molecule has 0 aromatic rings. The summed E-state index contributed by atoms with van der Waals surface area (Å²) in [5.41, 5.74) is 1.82. The lowest BCUT2D eigenvalue weighted by molar-refractivity contribution is 0.238. The lowest BCUT2D eigenvalue weighted by Gasteiger charge is -2.33. The minimum absolute atomic E-state index is 0.157. The summed E-state index contributed by atoms with van der Waals surface area (Å²) in [4.78, 5) is 0. The van der Waals surface area contributed by atoms with Gasteiger partial charge in [-0.3, -0.25) is 0 Å². The first-order chi connectivity index (χ1) is 6.50. The highest BCUT2D eigenvalue weighted by Crippen LogP contribution is 2.46. The van der Waals surface area contributed by atoms with E-state index in [0.717, 1.165) is 0 Å². The molecule has 0 aromatic heterocycles. The Kier molecular flexibility index (Phi) is 3.54. The molecule has 1 heteroatoms. The molecule has 0 fully saturated rings. The minimum atomic E-state index is 0.157. The van der Waals surface area contributed by atoms with E-state index in [1.54, 1.807) is 0 Å². The lowest BCUT2D eigenvalue weighted by Crippen LogP contribution is -2.25. The fourth-order valence-electron chi connectivity index (χ4n) is 2.44. The molecule has 2 unspecified atom stereocenters. The first-order valence-corrected chi connectivity index (χ1v) is 5.45. The Bertz CT molecular complexity index is 248. The largest absolute Gasteiger partial charge is 0.392 e.